The van der Waals surface area contributed by atoms with Crippen LogP contribution in [0.3, 0.4) is 0 Å². The van der Waals surface area contributed by atoms with Crippen molar-refractivity contribution in [2.24, 2.45) is 0 Å². The van der Waals surface area contributed by atoms with Gasteiger partial charge >= 0.3 is 0 Å². The lowest BCUT2D eigenvalue weighted by atomic mass is 10.1. The molecule has 0 unspecified atom stereocenters. The van der Waals surface area contributed by atoms with E-state index in [9.17, 15) is 4.79 Å². The number of aromatic nitrogens is 2. The van der Waals surface area contributed by atoms with Gasteiger partial charge in [-0.1, -0.05) is 24.1 Å². The number of fused-ring (bicyclic) bond motifs is 1. The first kappa shape index (κ1) is 17.4. The molecule has 0 fully saturated rings. The van der Waals surface area contributed by atoms with Crippen molar-refractivity contribution in [2.75, 3.05) is 18.7 Å². The third kappa shape index (κ3) is 3.57. The molecule has 2 aromatic carbocycles. The Morgan fingerprint density at radius 3 is 2.79 bits per heavy atom. The highest BCUT2D eigenvalue weighted by atomic mass is 16.7. The Morgan fingerprint density at radius 2 is 1.96 bits per heavy atom. The number of benzene rings is 2. The highest BCUT2D eigenvalue weighted by molar-refractivity contribution is 5.99. The monoisotopic (exact) mass is 372 g/mol. The van der Waals surface area contributed by atoms with Crippen LogP contribution in [0.25, 0.3) is 11.4 Å². The fourth-order valence-electron chi connectivity index (χ4n) is 2.70. The number of hydrogen-bond acceptors (Lipinski definition) is 6. The first-order chi connectivity index (χ1) is 13.7. The number of nitrogens with zero attached hydrogens (tertiary/aromatic N) is 2. The van der Waals surface area contributed by atoms with Crippen molar-refractivity contribution in [1.82, 2.24) is 15.3 Å². The number of rotatable bonds is 5. The number of carbonyl (C=O) groups excluding carboxylic acids is 1. The lowest BCUT2D eigenvalue weighted by molar-refractivity contribution is 0.0959. The van der Waals surface area contributed by atoms with Crippen molar-refractivity contribution in [3.63, 3.8) is 0 Å². The normalized spacial score (nSPS) is 11.5. The minimum Gasteiger partial charge on any atom is -0.454 e. The molecule has 0 atom stereocenters. The highest BCUT2D eigenvalue weighted by Crippen LogP contribution is 2.35. The summed E-state index contributed by atoms with van der Waals surface area (Å²) < 4.78 is 10.8. The minimum absolute atomic E-state index is 0.119. The predicted octanol–water partition coefficient (Wildman–Crippen LogP) is 2.98. The molecule has 7 heteroatoms. The van der Waals surface area contributed by atoms with Crippen molar-refractivity contribution in [2.45, 2.75) is 0 Å². The SMILES string of the molecule is C#CCNC(=O)c1cnc(-c2ccc3c(c2)OCO3)nc1Nc1ccccc1. The largest absolute Gasteiger partial charge is 0.454 e. The van der Waals surface area contributed by atoms with Crippen LogP contribution in [-0.4, -0.2) is 29.2 Å². The first-order valence-corrected chi connectivity index (χ1v) is 8.55. The molecule has 0 radical (unpaired) electrons. The molecule has 138 valence electrons. The summed E-state index contributed by atoms with van der Waals surface area (Å²) in [5.41, 5.74) is 1.84. The Kier molecular flexibility index (Phi) is 4.76. The van der Waals surface area contributed by atoms with Crippen molar-refractivity contribution >= 4 is 17.4 Å². The van der Waals surface area contributed by atoms with Crippen LogP contribution in [0.15, 0.2) is 54.7 Å². The molecular formula is C21H16N4O3. The molecule has 0 bridgehead atoms. The molecule has 2 heterocycles. The molecule has 4 rings (SSSR count). The summed E-state index contributed by atoms with van der Waals surface area (Å²) in [6.07, 6.45) is 6.70. The van der Waals surface area contributed by atoms with E-state index in [2.05, 4.69) is 26.5 Å². The Bertz CT molecular complexity index is 1060. The van der Waals surface area contributed by atoms with Crippen LogP contribution in [0.5, 0.6) is 11.5 Å². The lowest BCUT2D eigenvalue weighted by Crippen LogP contribution is -2.25. The standard InChI is InChI=1S/C21H16N4O3/c1-2-10-22-21(26)16-12-23-19(14-8-9-17-18(11-14)28-13-27-17)25-20(16)24-15-6-4-3-5-7-15/h1,3-9,11-12H,10,13H2,(H,22,26)(H,23,24,25). The Morgan fingerprint density at radius 1 is 1.14 bits per heavy atom. The van der Waals surface area contributed by atoms with Crippen molar-refractivity contribution in [3.05, 3.63) is 60.3 Å². The summed E-state index contributed by atoms with van der Waals surface area (Å²) in [5.74, 6) is 4.17. The average molecular weight is 372 g/mol. The van der Waals surface area contributed by atoms with Crippen LogP contribution in [0.4, 0.5) is 11.5 Å². The maximum atomic E-state index is 12.5. The number of anilines is 2. The molecule has 0 aliphatic carbocycles. The molecule has 7 nitrogen and oxygen atoms in total. The minimum atomic E-state index is -0.353. The zero-order valence-electron chi connectivity index (χ0n) is 14.8. The van der Waals surface area contributed by atoms with Crippen LogP contribution in [-0.2, 0) is 0 Å². The van der Waals surface area contributed by atoms with Gasteiger partial charge in [-0.2, -0.15) is 0 Å². The Hall–Kier alpha value is -4.05. The van der Waals surface area contributed by atoms with Crippen LogP contribution in [0.1, 0.15) is 10.4 Å². The first-order valence-electron chi connectivity index (χ1n) is 8.55. The predicted molar refractivity (Wildman–Crippen MR) is 104 cm³/mol. The zero-order chi connectivity index (χ0) is 19.3. The number of ether oxygens (including phenoxy) is 2. The molecule has 1 aliphatic rings. The van der Waals surface area contributed by atoms with E-state index in [0.29, 0.717) is 28.7 Å². The molecule has 1 amide bonds. The summed E-state index contributed by atoms with van der Waals surface area (Å²) in [6, 6.07) is 14.9. The second-order valence-corrected chi connectivity index (χ2v) is 5.90. The molecule has 3 aromatic rings. The van der Waals surface area contributed by atoms with Gasteiger partial charge in [0.1, 0.15) is 11.4 Å². The maximum Gasteiger partial charge on any atom is 0.257 e. The van der Waals surface area contributed by atoms with Gasteiger partial charge in [0.2, 0.25) is 6.79 Å². The second kappa shape index (κ2) is 7.68. The average Bonchev–Trinajstić information content (AvgIpc) is 3.20. The fourth-order valence-corrected chi connectivity index (χ4v) is 2.70. The lowest BCUT2D eigenvalue weighted by Gasteiger charge is -2.12. The third-order valence-corrected chi connectivity index (χ3v) is 4.05. The van der Waals surface area contributed by atoms with Gasteiger partial charge in [-0.15, -0.1) is 6.42 Å². The van der Waals surface area contributed by atoms with Crippen molar-refractivity contribution < 1.29 is 14.3 Å². The molecule has 28 heavy (non-hydrogen) atoms. The number of amides is 1. The van der Waals surface area contributed by atoms with Crippen molar-refractivity contribution in [1.29, 1.82) is 0 Å². The summed E-state index contributed by atoms with van der Waals surface area (Å²) in [7, 11) is 0. The van der Waals surface area contributed by atoms with E-state index >= 15 is 0 Å². The van der Waals surface area contributed by atoms with Gasteiger partial charge in [-0.25, -0.2) is 9.97 Å². The molecule has 1 aliphatic heterocycles. The van der Waals surface area contributed by atoms with Crippen LogP contribution >= 0.6 is 0 Å². The number of terminal acetylenes is 1. The quantitative estimate of drug-likeness (QED) is 0.670. The second-order valence-electron chi connectivity index (χ2n) is 5.90. The Labute approximate surface area is 161 Å². The van der Waals surface area contributed by atoms with Gasteiger partial charge in [0, 0.05) is 17.4 Å². The Balaban J connectivity index is 1.72. The molecular weight excluding hydrogens is 356 g/mol. The van der Waals surface area contributed by atoms with Crippen LogP contribution in [0.2, 0.25) is 0 Å². The highest BCUT2D eigenvalue weighted by Gasteiger charge is 2.18. The summed E-state index contributed by atoms with van der Waals surface area (Å²) >= 11 is 0. The van der Waals surface area contributed by atoms with E-state index in [1.54, 1.807) is 6.07 Å². The van der Waals surface area contributed by atoms with Gasteiger partial charge in [0.15, 0.2) is 17.3 Å². The molecule has 1 aromatic heterocycles. The van der Waals surface area contributed by atoms with Crippen molar-refractivity contribution in [3.8, 4) is 35.2 Å². The molecule has 0 saturated heterocycles. The summed E-state index contributed by atoms with van der Waals surface area (Å²) in [6.45, 7) is 0.308. The van der Waals surface area contributed by atoms with E-state index in [1.807, 2.05) is 42.5 Å². The summed E-state index contributed by atoms with van der Waals surface area (Å²) in [4.78, 5) is 21.4. The van der Waals surface area contributed by atoms with E-state index in [1.165, 1.54) is 6.20 Å². The molecule has 0 spiro atoms. The number of para-hydroxylation sites is 1. The molecule has 0 saturated carbocycles. The smallest absolute Gasteiger partial charge is 0.257 e. The maximum absolute atomic E-state index is 12.5. The van der Waals surface area contributed by atoms with Gasteiger partial charge in [-0.05, 0) is 30.3 Å². The van der Waals surface area contributed by atoms with Gasteiger partial charge < -0.3 is 20.1 Å². The van der Waals surface area contributed by atoms with Gasteiger partial charge in [-0.3, -0.25) is 4.79 Å². The summed E-state index contributed by atoms with van der Waals surface area (Å²) in [5, 5.41) is 5.81. The van der Waals surface area contributed by atoms with E-state index < -0.39 is 0 Å². The third-order valence-electron chi connectivity index (χ3n) is 4.05. The van der Waals surface area contributed by atoms with Crippen LogP contribution < -0.4 is 20.1 Å². The topological polar surface area (TPSA) is 85.4 Å². The number of nitrogens with one attached hydrogen (secondary N) is 2. The zero-order valence-corrected chi connectivity index (χ0v) is 14.8. The fraction of sp³-hybridized carbons (Fsp3) is 0.0952. The van der Waals surface area contributed by atoms with E-state index in [0.717, 1.165) is 11.3 Å². The molecule has 2 N–H and O–H groups in total. The van der Waals surface area contributed by atoms with Gasteiger partial charge in [0.05, 0.1) is 6.54 Å². The van der Waals surface area contributed by atoms with E-state index in [4.69, 9.17) is 15.9 Å². The number of hydrogen-bond donors (Lipinski definition) is 2. The van der Waals surface area contributed by atoms with Crippen LogP contribution in [0, 0.1) is 12.3 Å². The van der Waals surface area contributed by atoms with E-state index in [-0.39, 0.29) is 19.2 Å². The van der Waals surface area contributed by atoms with Gasteiger partial charge in [0.25, 0.3) is 5.91 Å². The number of carbonyl (C=O) groups is 1.